The molecule has 0 aliphatic rings. The minimum Gasteiger partial charge on any atom is -0.0776 e. The van der Waals surface area contributed by atoms with Crippen molar-refractivity contribution < 1.29 is 37.8 Å². The Kier molecular flexibility index (Phi) is 429. The van der Waals surface area contributed by atoms with E-state index in [0.29, 0.717) is 0 Å². The molecule has 0 aliphatic heterocycles. The van der Waals surface area contributed by atoms with Crippen LogP contribution in [0.4, 0.5) is 0 Å². The van der Waals surface area contributed by atoms with Crippen molar-refractivity contribution in [1.82, 2.24) is 0 Å². The van der Waals surface area contributed by atoms with E-state index in [2.05, 4.69) is 0 Å². The van der Waals surface area contributed by atoms with Gasteiger partial charge in [-0.3, -0.25) is 0 Å². The van der Waals surface area contributed by atoms with E-state index in [-0.39, 0.29) is 53.7 Å². The standard InChI is InChI=1S/CH4.BH3.Co.W/h1H4;1H3;;. The predicted molar refractivity (Wildman–Crippen MR) is 16.7 cm³/mol. The SMILES string of the molecule is B.C.[Co].[W]. The van der Waals surface area contributed by atoms with E-state index in [9.17, 15) is 0 Å². The first-order chi connectivity index (χ1) is 0. The third-order valence-electron chi connectivity index (χ3n) is 0. The van der Waals surface area contributed by atoms with Gasteiger partial charge in [0, 0.05) is 37.8 Å². The summed E-state index contributed by atoms with van der Waals surface area (Å²) in [6.07, 6.45) is 0. The van der Waals surface area contributed by atoms with Crippen molar-refractivity contribution in [2.45, 2.75) is 7.43 Å². The topological polar surface area (TPSA) is 0 Å². The van der Waals surface area contributed by atoms with Crippen LogP contribution in [0.2, 0.25) is 0 Å². The van der Waals surface area contributed by atoms with Gasteiger partial charge < -0.3 is 0 Å². The smallest absolute Gasteiger partial charge is 0.0776 e. The molecule has 0 N–H and O–H groups in total. The molecule has 0 unspecified atom stereocenters. The Bertz CT molecular complexity index is 8.00. The molecule has 0 fully saturated rings. The molecule has 0 aromatic heterocycles. The van der Waals surface area contributed by atoms with Gasteiger partial charge in [0.1, 0.15) is 0 Å². The fourth-order valence-corrected chi connectivity index (χ4v) is 0. The summed E-state index contributed by atoms with van der Waals surface area (Å²) in [5.74, 6) is 0. The summed E-state index contributed by atoms with van der Waals surface area (Å²) in [5, 5.41) is 0. The van der Waals surface area contributed by atoms with Crippen LogP contribution in [0.25, 0.3) is 0 Å². The van der Waals surface area contributed by atoms with E-state index >= 15 is 0 Å². The molecule has 0 aromatic rings. The molecule has 0 nitrogen and oxygen atoms in total. The van der Waals surface area contributed by atoms with Crippen molar-refractivity contribution in [3.8, 4) is 0 Å². The van der Waals surface area contributed by atoms with Crippen LogP contribution in [0.5, 0.6) is 0 Å². The summed E-state index contributed by atoms with van der Waals surface area (Å²) in [7, 11) is 0. The first-order valence-electron chi connectivity index (χ1n) is 0. The van der Waals surface area contributed by atoms with Gasteiger partial charge in [-0.05, 0) is 0 Å². The van der Waals surface area contributed by atoms with E-state index in [0.717, 1.165) is 0 Å². The van der Waals surface area contributed by atoms with Gasteiger partial charge >= 0.3 is 0 Å². The molecule has 0 spiro atoms. The molecule has 0 heterocycles. The fraction of sp³-hybridized carbons (Fsp3) is 1.00. The minimum absolute atomic E-state index is 0. The predicted octanol–water partition coefficient (Wildman–Crippen LogP) is -0.553. The van der Waals surface area contributed by atoms with Crippen molar-refractivity contribution in [3.05, 3.63) is 0 Å². The average Bonchev–Trinajstić information content (AvgIpc) is 0. The van der Waals surface area contributed by atoms with Crippen LogP contribution in [0, 0.1) is 0 Å². The van der Waals surface area contributed by atoms with Crippen molar-refractivity contribution in [2.24, 2.45) is 0 Å². The van der Waals surface area contributed by atoms with E-state index in [1.807, 2.05) is 0 Å². The van der Waals surface area contributed by atoms with Crippen LogP contribution in [0.15, 0.2) is 0 Å². The van der Waals surface area contributed by atoms with Crippen LogP contribution >= 0.6 is 0 Å². The first-order valence-corrected chi connectivity index (χ1v) is 0. The Balaban J connectivity index is 0. The summed E-state index contributed by atoms with van der Waals surface area (Å²) in [5.41, 5.74) is 0. The van der Waals surface area contributed by atoms with Crippen molar-refractivity contribution in [1.29, 1.82) is 0 Å². The summed E-state index contributed by atoms with van der Waals surface area (Å²) < 4.78 is 0. The van der Waals surface area contributed by atoms with E-state index < -0.39 is 0 Å². The Morgan fingerprint density at radius 1 is 1.00 bits per heavy atom. The molecule has 0 saturated carbocycles. The third kappa shape index (κ3) is 10.5. The van der Waals surface area contributed by atoms with Gasteiger partial charge in [-0.25, -0.2) is 0 Å². The Labute approximate surface area is 53.8 Å². The minimum atomic E-state index is 0. The number of rotatable bonds is 0. The van der Waals surface area contributed by atoms with Gasteiger partial charge in [-0.1, -0.05) is 7.43 Å². The number of hydrogen-bond acceptors (Lipinski definition) is 0. The fourth-order valence-electron chi connectivity index (χ4n) is 0. The van der Waals surface area contributed by atoms with E-state index in [4.69, 9.17) is 0 Å². The van der Waals surface area contributed by atoms with Crippen LogP contribution in [-0.4, -0.2) is 8.41 Å². The zero-order valence-corrected chi connectivity index (χ0v) is 4.72. The van der Waals surface area contributed by atoms with Gasteiger partial charge in [0.2, 0.25) is 0 Å². The van der Waals surface area contributed by atoms with E-state index in [1.165, 1.54) is 0 Å². The Morgan fingerprint density at radius 3 is 1.00 bits per heavy atom. The molecule has 4 heavy (non-hydrogen) atoms. The Morgan fingerprint density at radius 2 is 1.00 bits per heavy atom. The summed E-state index contributed by atoms with van der Waals surface area (Å²) >= 11 is 0. The number of hydrogen-bond donors (Lipinski definition) is 0. The van der Waals surface area contributed by atoms with Gasteiger partial charge in [-0.2, -0.15) is 0 Å². The van der Waals surface area contributed by atoms with Gasteiger partial charge in [-0.15, -0.1) is 0 Å². The van der Waals surface area contributed by atoms with Gasteiger partial charge in [0.15, 0.2) is 0 Å². The molecule has 0 aromatic carbocycles. The van der Waals surface area contributed by atoms with Crippen LogP contribution in [-0.2, 0) is 37.8 Å². The second-order valence-corrected chi connectivity index (χ2v) is 0. The molecule has 0 bridgehead atoms. The van der Waals surface area contributed by atoms with E-state index in [1.54, 1.807) is 0 Å². The monoisotopic (exact) mass is 273 g/mol. The van der Waals surface area contributed by atoms with Crippen molar-refractivity contribution in [2.75, 3.05) is 0 Å². The largest absolute Gasteiger partial charge is 0.0814 e. The molecule has 0 atom stereocenters. The van der Waals surface area contributed by atoms with Gasteiger partial charge in [0.05, 0.1) is 8.41 Å². The Hall–Kier alpha value is 1.26. The molecule has 29 valence electrons. The summed E-state index contributed by atoms with van der Waals surface area (Å²) in [4.78, 5) is 0. The van der Waals surface area contributed by atoms with Crippen molar-refractivity contribution in [3.63, 3.8) is 0 Å². The summed E-state index contributed by atoms with van der Waals surface area (Å²) in [6.45, 7) is 0. The normalized spacial score (nSPS) is 0. The zero-order chi connectivity index (χ0) is 0. The molecule has 0 rings (SSSR count). The van der Waals surface area contributed by atoms with Crippen LogP contribution < -0.4 is 0 Å². The molecule has 0 amide bonds. The maximum atomic E-state index is 0. The second-order valence-electron chi connectivity index (χ2n) is 0. The molecular formula is CH7BCoW. The maximum absolute atomic E-state index is 0. The first kappa shape index (κ1) is 60.1. The van der Waals surface area contributed by atoms with Crippen LogP contribution in [0.3, 0.4) is 0 Å². The van der Waals surface area contributed by atoms with Crippen LogP contribution in [0.1, 0.15) is 7.43 Å². The van der Waals surface area contributed by atoms with Gasteiger partial charge in [0.25, 0.3) is 0 Å². The summed E-state index contributed by atoms with van der Waals surface area (Å²) in [6, 6.07) is 0. The molecule has 3 heteroatoms. The maximum Gasteiger partial charge on any atom is 0.0814 e. The zero-order valence-electron chi connectivity index (χ0n) is 0.742. The molecular weight excluding hydrogens is 266 g/mol. The molecule has 1 radical (unpaired) electrons. The molecule has 0 saturated heterocycles. The molecule has 0 aliphatic carbocycles. The average molecular weight is 273 g/mol. The quantitative estimate of drug-likeness (QED) is 0.519. The third-order valence-corrected chi connectivity index (χ3v) is 0. The van der Waals surface area contributed by atoms with Crippen molar-refractivity contribution >= 4 is 8.41 Å². The second kappa shape index (κ2) is 28.5.